The largest absolute Gasteiger partial charge is 0.494 e. The number of nitrogens with zero attached hydrogens (tertiary/aromatic N) is 1. The summed E-state index contributed by atoms with van der Waals surface area (Å²) in [7, 11) is 0. The Hall–Kier alpha value is -1.74. The van der Waals surface area contributed by atoms with Gasteiger partial charge >= 0.3 is 0 Å². The highest BCUT2D eigenvalue weighted by molar-refractivity contribution is 5.53. The smallest absolute Gasteiger partial charge is 0.119 e. The average molecular weight is 259 g/mol. The zero-order valence-corrected chi connectivity index (χ0v) is 11.5. The van der Waals surface area contributed by atoms with Crippen molar-refractivity contribution >= 4 is 6.08 Å². The van der Waals surface area contributed by atoms with E-state index in [1.54, 1.807) is 0 Å². The highest BCUT2D eigenvalue weighted by atomic mass is 16.5. The van der Waals surface area contributed by atoms with E-state index in [1.165, 1.54) is 0 Å². The van der Waals surface area contributed by atoms with Crippen molar-refractivity contribution in [2.75, 3.05) is 32.9 Å². The Balaban J connectivity index is 1.91. The van der Waals surface area contributed by atoms with Crippen molar-refractivity contribution in [2.24, 2.45) is 0 Å². The van der Waals surface area contributed by atoms with E-state index in [0.29, 0.717) is 6.61 Å². The quantitative estimate of drug-likeness (QED) is 0.759. The molecule has 1 saturated heterocycles. The second-order valence-electron chi connectivity index (χ2n) is 4.43. The molecule has 0 unspecified atom stereocenters. The number of allylic oxidation sites excluding steroid dienone is 1. The molecule has 0 bridgehead atoms. The molecule has 1 heterocycles. The average Bonchev–Trinajstić information content (AvgIpc) is 2.47. The van der Waals surface area contributed by atoms with Gasteiger partial charge in [-0.25, -0.2) is 0 Å². The number of ether oxygens (including phenoxy) is 2. The van der Waals surface area contributed by atoms with Gasteiger partial charge in [-0.3, -0.25) is 0 Å². The van der Waals surface area contributed by atoms with Crippen LogP contribution < -0.4 is 4.74 Å². The Labute approximate surface area is 115 Å². The molecular formula is C16H21NO2. The lowest BCUT2D eigenvalue weighted by molar-refractivity contribution is 0.0556. The summed E-state index contributed by atoms with van der Waals surface area (Å²) in [4.78, 5) is 2.24. The summed E-state index contributed by atoms with van der Waals surface area (Å²) in [5.41, 5.74) is 2.19. The summed E-state index contributed by atoms with van der Waals surface area (Å²) >= 11 is 0. The highest BCUT2D eigenvalue weighted by Crippen LogP contribution is 2.14. The highest BCUT2D eigenvalue weighted by Gasteiger charge is 2.09. The molecule has 1 aliphatic rings. The Morgan fingerprint density at radius 3 is 2.63 bits per heavy atom. The SMILES string of the molecule is C=C(/C=C/c1ccc(OCC)cc1)N1CCOCC1. The summed E-state index contributed by atoms with van der Waals surface area (Å²) in [6.45, 7) is 10.2. The molecule has 0 aromatic heterocycles. The molecular weight excluding hydrogens is 238 g/mol. The summed E-state index contributed by atoms with van der Waals surface area (Å²) in [5, 5.41) is 0. The Bertz CT molecular complexity index is 431. The minimum atomic E-state index is 0.697. The monoisotopic (exact) mass is 259 g/mol. The van der Waals surface area contributed by atoms with Gasteiger partial charge in [0.2, 0.25) is 0 Å². The van der Waals surface area contributed by atoms with Crippen molar-refractivity contribution in [1.82, 2.24) is 4.90 Å². The summed E-state index contributed by atoms with van der Waals surface area (Å²) in [5.74, 6) is 0.909. The molecule has 1 aromatic carbocycles. The zero-order chi connectivity index (χ0) is 13.5. The van der Waals surface area contributed by atoms with Gasteiger partial charge < -0.3 is 14.4 Å². The maximum Gasteiger partial charge on any atom is 0.119 e. The number of hydrogen-bond acceptors (Lipinski definition) is 3. The molecule has 0 N–H and O–H groups in total. The molecule has 0 amide bonds. The Morgan fingerprint density at radius 2 is 2.00 bits per heavy atom. The van der Waals surface area contributed by atoms with Crippen LogP contribution in [0, 0.1) is 0 Å². The fourth-order valence-corrected chi connectivity index (χ4v) is 1.99. The van der Waals surface area contributed by atoms with Crippen LogP contribution in [0.15, 0.2) is 42.6 Å². The molecule has 0 aliphatic carbocycles. The van der Waals surface area contributed by atoms with Crippen LogP contribution in [0.1, 0.15) is 12.5 Å². The third-order valence-corrected chi connectivity index (χ3v) is 3.08. The lowest BCUT2D eigenvalue weighted by Crippen LogP contribution is -2.34. The minimum absolute atomic E-state index is 0.697. The maximum atomic E-state index is 5.42. The van der Waals surface area contributed by atoms with Crippen LogP contribution in [-0.2, 0) is 4.74 Å². The molecule has 0 atom stereocenters. The first-order chi connectivity index (χ1) is 9.29. The Morgan fingerprint density at radius 1 is 1.32 bits per heavy atom. The van der Waals surface area contributed by atoms with Gasteiger partial charge in [-0.15, -0.1) is 0 Å². The Kier molecular flexibility index (Phi) is 5.04. The van der Waals surface area contributed by atoms with Gasteiger partial charge in [-0.1, -0.05) is 24.8 Å². The van der Waals surface area contributed by atoms with Gasteiger partial charge in [0.1, 0.15) is 5.75 Å². The minimum Gasteiger partial charge on any atom is -0.494 e. The van der Waals surface area contributed by atoms with Crippen molar-refractivity contribution in [3.05, 3.63) is 48.2 Å². The van der Waals surface area contributed by atoms with Crippen molar-refractivity contribution in [2.45, 2.75) is 6.92 Å². The molecule has 1 aliphatic heterocycles. The van der Waals surface area contributed by atoms with Crippen molar-refractivity contribution < 1.29 is 9.47 Å². The predicted octanol–water partition coefficient (Wildman–Crippen LogP) is 2.94. The van der Waals surface area contributed by atoms with E-state index in [1.807, 2.05) is 31.2 Å². The molecule has 1 fully saturated rings. The van der Waals surface area contributed by atoms with Crippen LogP contribution in [0.25, 0.3) is 6.08 Å². The van der Waals surface area contributed by atoms with Crippen LogP contribution in [-0.4, -0.2) is 37.8 Å². The second kappa shape index (κ2) is 7.00. The van der Waals surface area contributed by atoms with E-state index < -0.39 is 0 Å². The third kappa shape index (κ3) is 4.14. The molecule has 1 aromatic rings. The topological polar surface area (TPSA) is 21.7 Å². The van der Waals surface area contributed by atoms with Crippen molar-refractivity contribution in [1.29, 1.82) is 0 Å². The van der Waals surface area contributed by atoms with Crippen LogP contribution >= 0.6 is 0 Å². The van der Waals surface area contributed by atoms with E-state index in [2.05, 4.69) is 23.6 Å². The normalized spacial score (nSPS) is 15.7. The number of benzene rings is 1. The third-order valence-electron chi connectivity index (χ3n) is 3.08. The van der Waals surface area contributed by atoms with E-state index in [9.17, 15) is 0 Å². The van der Waals surface area contributed by atoms with Crippen molar-refractivity contribution in [3.63, 3.8) is 0 Å². The zero-order valence-electron chi connectivity index (χ0n) is 11.5. The molecule has 0 saturated carbocycles. The molecule has 2 rings (SSSR count). The van der Waals surface area contributed by atoms with Gasteiger partial charge in [0.15, 0.2) is 0 Å². The van der Waals surface area contributed by atoms with E-state index in [0.717, 1.165) is 43.3 Å². The number of morpholine rings is 1. The van der Waals surface area contributed by atoms with Crippen LogP contribution in [0.3, 0.4) is 0 Å². The first kappa shape index (κ1) is 13.7. The first-order valence-electron chi connectivity index (χ1n) is 6.72. The fourth-order valence-electron chi connectivity index (χ4n) is 1.99. The summed E-state index contributed by atoms with van der Waals surface area (Å²) in [6, 6.07) is 8.07. The molecule has 0 radical (unpaired) electrons. The summed E-state index contributed by atoms with van der Waals surface area (Å²) < 4.78 is 10.7. The maximum absolute atomic E-state index is 5.42. The molecule has 102 valence electrons. The molecule has 0 spiro atoms. The fraction of sp³-hybridized carbons (Fsp3) is 0.375. The van der Waals surface area contributed by atoms with E-state index in [-0.39, 0.29) is 0 Å². The number of hydrogen-bond donors (Lipinski definition) is 0. The van der Waals surface area contributed by atoms with Gasteiger partial charge in [-0.05, 0) is 30.7 Å². The van der Waals surface area contributed by atoms with Gasteiger partial charge in [0.25, 0.3) is 0 Å². The predicted molar refractivity (Wildman–Crippen MR) is 78.2 cm³/mol. The number of rotatable bonds is 5. The summed E-state index contributed by atoms with van der Waals surface area (Å²) in [6.07, 6.45) is 4.13. The lowest BCUT2D eigenvalue weighted by atomic mass is 10.2. The van der Waals surface area contributed by atoms with Gasteiger partial charge in [0, 0.05) is 18.8 Å². The van der Waals surface area contributed by atoms with E-state index in [4.69, 9.17) is 9.47 Å². The van der Waals surface area contributed by atoms with Crippen LogP contribution in [0.5, 0.6) is 5.75 Å². The van der Waals surface area contributed by atoms with Gasteiger partial charge in [0.05, 0.1) is 19.8 Å². The van der Waals surface area contributed by atoms with Crippen molar-refractivity contribution in [3.8, 4) is 5.75 Å². The molecule has 3 nitrogen and oxygen atoms in total. The first-order valence-corrected chi connectivity index (χ1v) is 6.72. The molecule has 19 heavy (non-hydrogen) atoms. The molecule has 3 heteroatoms. The second-order valence-corrected chi connectivity index (χ2v) is 4.43. The van der Waals surface area contributed by atoms with Crippen LogP contribution in [0.2, 0.25) is 0 Å². The standard InChI is InChI=1S/C16H21NO2/c1-3-19-16-8-6-15(7-9-16)5-4-14(2)17-10-12-18-13-11-17/h4-9H,2-3,10-13H2,1H3/b5-4+. The lowest BCUT2D eigenvalue weighted by Gasteiger charge is -2.28. The van der Waals surface area contributed by atoms with Gasteiger partial charge in [-0.2, -0.15) is 0 Å². The van der Waals surface area contributed by atoms with Crippen LogP contribution in [0.4, 0.5) is 0 Å². The van der Waals surface area contributed by atoms with E-state index >= 15 is 0 Å².